The predicted octanol–water partition coefficient (Wildman–Crippen LogP) is 4.22. The monoisotopic (exact) mass is 374 g/mol. The quantitative estimate of drug-likeness (QED) is 0.794. The van der Waals surface area contributed by atoms with Crippen LogP contribution in [0.4, 0.5) is 19.0 Å². The van der Waals surface area contributed by atoms with Crippen LogP contribution in [0.25, 0.3) is 0 Å². The van der Waals surface area contributed by atoms with E-state index >= 15 is 0 Å². The SMILES string of the molecule is Cc1cccc(C)c1OC[C@H](O)CNc1ncc(C(F)(F)F)cc1Cl. The van der Waals surface area contributed by atoms with E-state index in [4.69, 9.17) is 16.3 Å². The third-order valence-corrected chi connectivity index (χ3v) is 3.79. The highest BCUT2D eigenvalue weighted by Gasteiger charge is 2.31. The topological polar surface area (TPSA) is 54.4 Å². The molecule has 2 rings (SSSR count). The number of anilines is 1. The smallest absolute Gasteiger partial charge is 0.417 e. The fourth-order valence-corrected chi connectivity index (χ4v) is 2.44. The molecular weight excluding hydrogens is 357 g/mol. The summed E-state index contributed by atoms with van der Waals surface area (Å²) in [5.41, 5.74) is 0.974. The van der Waals surface area contributed by atoms with Gasteiger partial charge in [-0.25, -0.2) is 4.98 Å². The van der Waals surface area contributed by atoms with Crippen LogP contribution in [-0.2, 0) is 6.18 Å². The molecule has 0 aliphatic carbocycles. The molecule has 0 aliphatic heterocycles. The number of aryl methyl sites for hydroxylation is 2. The lowest BCUT2D eigenvalue weighted by Gasteiger charge is -2.17. The Labute approximate surface area is 148 Å². The Kier molecular flexibility index (Phi) is 6.13. The number of benzene rings is 1. The van der Waals surface area contributed by atoms with Crippen molar-refractivity contribution in [3.05, 3.63) is 52.2 Å². The van der Waals surface area contributed by atoms with Gasteiger partial charge in [0.05, 0.1) is 10.6 Å². The van der Waals surface area contributed by atoms with Crippen molar-refractivity contribution in [2.75, 3.05) is 18.5 Å². The van der Waals surface area contributed by atoms with Gasteiger partial charge in [0, 0.05) is 12.7 Å². The Morgan fingerprint density at radius 3 is 2.48 bits per heavy atom. The second kappa shape index (κ2) is 7.93. The van der Waals surface area contributed by atoms with Crippen molar-refractivity contribution in [1.29, 1.82) is 0 Å². The van der Waals surface area contributed by atoms with Crippen LogP contribution < -0.4 is 10.1 Å². The molecule has 0 unspecified atom stereocenters. The largest absolute Gasteiger partial charge is 0.490 e. The van der Waals surface area contributed by atoms with E-state index in [0.717, 1.165) is 17.2 Å². The van der Waals surface area contributed by atoms with Gasteiger partial charge in [0.25, 0.3) is 0 Å². The van der Waals surface area contributed by atoms with Gasteiger partial charge >= 0.3 is 6.18 Å². The number of pyridine rings is 1. The highest BCUT2D eigenvalue weighted by molar-refractivity contribution is 6.32. The van der Waals surface area contributed by atoms with Crippen LogP contribution in [0.3, 0.4) is 0 Å². The Balaban J connectivity index is 1.91. The average molecular weight is 375 g/mol. The third kappa shape index (κ3) is 5.24. The summed E-state index contributed by atoms with van der Waals surface area (Å²) in [7, 11) is 0. The van der Waals surface area contributed by atoms with Gasteiger partial charge in [0.1, 0.15) is 24.3 Å². The van der Waals surface area contributed by atoms with Gasteiger partial charge < -0.3 is 15.2 Å². The second-order valence-corrected chi connectivity index (χ2v) is 6.03. The zero-order valence-electron chi connectivity index (χ0n) is 13.7. The Hall–Kier alpha value is -1.99. The molecule has 2 aromatic rings. The standard InChI is InChI=1S/C17H18ClF3N2O2/c1-10-4-3-5-11(2)15(10)25-9-13(24)8-23-16-14(18)6-12(7-22-16)17(19,20)21/h3-7,13,24H,8-9H2,1-2H3,(H,22,23)/t13-/m1/s1. The van der Waals surface area contributed by atoms with E-state index in [1.54, 1.807) is 0 Å². The predicted molar refractivity (Wildman–Crippen MR) is 90.2 cm³/mol. The molecule has 0 bridgehead atoms. The summed E-state index contributed by atoms with van der Waals surface area (Å²) in [6.45, 7) is 3.86. The average Bonchev–Trinajstić information content (AvgIpc) is 2.52. The van der Waals surface area contributed by atoms with Crippen LogP contribution in [-0.4, -0.2) is 29.3 Å². The summed E-state index contributed by atoms with van der Waals surface area (Å²) in [5.74, 6) is 0.771. The van der Waals surface area contributed by atoms with E-state index in [-0.39, 0.29) is 24.0 Å². The number of alkyl halides is 3. The number of halogens is 4. The molecule has 0 saturated heterocycles. The van der Waals surface area contributed by atoms with Crippen LogP contribution in [0.15, 0.2) is 30.5 Å². The number of aliphatic hydroxyl groups is 1. The number of para-hydroxylation sites is 1. The second-order valence-electron chi connectivity index (χ2n) is 5.62. The van der Waals surface area contributed by atoms with Crippen LogP contribution >= 0.6 is 11.6 Å². The molecule has 1 aromatic heterocycles. The molecule has 25 heavy (non-hydrogen) atoms. The molecule has 8 heteroatoms. The Morgan fingerprint density at radius 1 is 1.28 bits per heavy atom. The van der Waals surface area contributed by atoms with Gasteiger partial charge in [0.2, 0.25) is 0 Å². The number of rotatable bonds is 6. The lowest BCUT2D eigenvalue weighted by Crippen LogP contribution is -2.27. The van der Waals surface area contributed by atoms with Crippen LogP contribution in [0, 0.1) is 13.8 Å². The van der Waals surface area contributed by atoms with Crippen molar-refractivity contribution in [2.24, 2.45) is 0 Å². The fourth-order valence-electron chi connectivity index (χ4n) is 2.20. The molecule has 0 spiro atoms. The summed E-state index contributed by atoms with van der Waals surface area (Å²) < 4.78 is 43.3. The third-order valence-electron chi connectivity index (χ3n) is 3.50. The van der Waals surface area contributed by atoms with Crippen molar-refractivity contribution in [1.82, 2.24) is 4.98 Å². The molecule has 136 valence electrons. The lowest BCUT2D eigenvalue weighted by molar-refractivity contribution is -0.137. The van der Waals surface area contributed by atoms with E-state index < -0.39 is 17.8 Å². The van der Waals surface area contributed by atoms with E-state index in [1.165, 1.54) is 0 Å². The molecule has 1 aromatic carbocycles. The Morgan fingerprint density at radius 2 is 1.92 bits per heavy atom. The molecule has 4 nitrogen and oxygen atoms in total. The van der Waals surface area contributed by atoms with Gasteiger partial charge in [-0.15, -0.1) is 0 Å². The molecule has 1 heterocycles. The molecule has 0 fully saturated rings. The molecule has 2 N–H and O–H groups in total. The van der Waals surface area contributed by atoms with E-state index in [0.29, 0.717) is 11.9 Å². The molecular formula is C17H18ClF3N2O2. The first-order valence-corrected chi connectivity index (χ1v) is 7.90. The number of hydrogen-bond acceptors (Lipinski definition) is 4. The maximum absolute atomic E-state index is 12.6. The van der Waals surface area contributed by atoms with Crippen molar-refractivity contribution in [3.8, 4) is 5.75 Å². The number of nitrogens with zero attached hydrogens (tertiary/aromatic N) is 1. The minimum Gasteiger partial charge on any atom is -0.490 e. The number of ether oxygens (including phenoxy) is 1. The van der Waals surface area contributed by atoms with Crippen LogP contribution in [0.1, 0.15) is 16.7 Å². The normalized spacial score (nSPS) is 12.8. The lowest BCUT2D eigenvalue weighted by atomic mass is 10.1. The number of hydrogen-bond donors (Lipinski definition) is 2. The van der Waals surface area contributed by atoms with Gasteiger partial charge in [-0.1, -0.05) is 29.8 Å². The first kappa shape index (κ1) is 19.3. The van der Waals surface area contributed by atoms with Gasteiger partial charge in [-0.3, -0.25) is 0 Å². The highest BCUT2D eigenvalue weighted by atomic mass is 35.5. The molecule has 0 radical (unpaired) electrons. The first-order valence-electron chi connectivity index (χ1n) is 7.52. The minimum atomic E-state index is -4.51. The maximum Gasteiger partial charge on any atom is 0.417 e. The van der Waals surface area contributed by atoms with Crippen LogP contribution in [0.2, 0.25) is 5.02 Å². The number of nitrogens with one attached hydrogen (secondary N) is 1. The zero-order valence-corrected chi connectivity index (χ0v) is 14.4. The maximum atomic E-state index is 12.6. The number of aliphatic hydroxyl groups excluding tert-OH is 1. The highest BCUT2D eigenvalue weighted by Crippen LogP contribution is 2.32. The first-order chi connectivity index (χ1) is 11.7. The van der Waals surface area contributed by atoms with Gasteiger partial charge in [-0.2, -0.15) is 13.2 Å². The van der Waals surface area contributed by atoms with Crippen molar-refractivity contribution in [3.63, 3.8) is 0 Å². The fraction of sp³-hybridized carbons (Fsp3) is 0.353. The molecule has 0 amide bonds. The zero-order chi connectivity index (χ0) is 18.6. The number of aromatic nitrogens is 1. The van der Waals surface area contributed by atoms with Crippen molar-refractivity contribution < 1.29 is 23.0 Å². The van der Waals surface area contributed by atoms with E-state index in [2.05, 4.69) is 10.3 Å². The van der Waals surface area contributed by atoms with Crippen molar-refractivity contribution in [2.45, 2.75) is 26.1 Å². The van der Waals surface area contributed by atoms with Crippen LogP contribution in [0.5, 0.6) is 5.75 Å². The van der Waals surface area contributed by atoms with Crippen molar-refractivity contribution >= 4 is 17.4 Å². The Bertz CT molecular complexity index is 718. The molecule has 1 atom stereocenters. The summed E-state index contributed by atoms with van der Waals surface area (Å²) in [4.78, 5) is 3.65. The van der Waals surface area contributed by atoms with Gasteiger partial charge in [0.15, 0.2) is 0 Å². The van der Waals surface area contributed by atoms with Gasteiger partial charge in [-0.05, 0) is 31.0 Å². The molecule has 0 aliphatic rings. The summed E-state index contributed by atoms with van der Waals surface area (Å²) in [5, 5.41) is 12.5. The minimum absolute atomic E-state index is 0.0247. The summed E-state index contributed by atoms with van der Waals surface area (Å²) >= 11 is 5.80. The van der Waals surface area contributed by atoms with E-state index in [1.807, 2.05) is 32.0 Å². The summed E-state index contributed by atoms with van der Waals surface area (Å²) in [6.07, 6.45) is -4.71. The summed E-state index contributed by atoms with van der Waals surface area (Å²) in [6, 6.07) is 6.50. The molecule has 0 saturated carbocycles. The van der Waals surface area contributed by atoms with E-state index in [9.17, 15) is 18.3 Å².